The molecule has 1 aromatic rings. The molecule has 1 heterocycles. The van der Waals surface area contributed by atoms with Gasteiger partial charge >= 0.3 is 0 Å². The Balaban J connectivity index is 2.69. The highest BCUT2D eigenvalue weighted by molar-refractivity contribution is 8.00. The summed E-state index contributed by atoms with van der Waals surface area (Å²) in [7, 11) is 0. The lowest BCUT2D eigenvalue weighted by molar-refractivity contribution is 0.0944. The third-order valence-corrected chi connectivity index (χ3v) is 5.01. The Morgan fingerprint density at radius 1 is 1.42 bits per heavy atom. The van der Waals surface area contributed by atoms with Crippen LogP contribution in [-0.4, -0.2) is 28.4 Å². The molecule has 0 saturated heterocycles. The van der Waals surface area contributed by atoms with Gasteiger partial charge in [-0.3, -0.25) is 4.79 Å². The molecular formula is C13H22N4OS. The molecule has 0 aliphatic heterocycles. The minimum atomic E-state index is -0.169. The number of amides is 1. The van der Waals surface area contributed by atoms with Crippen molar-refractivity contribution in [2.24, 2.45) is 5.84 Å². The lowest BCUT2D eigenvalue weighted by atomic mass is 10.0. The first-order chi connectivity index (χ1) is 9.10. The monoisotopic (exact) mass is 282 g/mol. The van der Waals surface area contributed by atoms with Crippen molar-refractivity contribution in [1.82, 2.24) is 10.3 Å². The standard InChI is InChI=1S/C13H22N4OS/c1-4-13(5-2,19-3)9-15-12(18)10-7-6-8-11(16-10)17-14/h6-8H,4-5,9,14H2,1-3H3,(H,15,18)(H,16,17). The molecule has 0 radical (unpaired) electrons. The second kappa shape index (κ2) is 7.35. The van der Waals surface area contributed by atoms with Crippen LogP contribution in [0.2, 0.25) is 0 Å². The molecule has 0 spiro atoms. The van der Waals surface area contributed by atoms with Gasteiger partial charge in [-0.15, -0.1) is 0 Å². The minimum absolute atomic E-state index is 0.0966. The van der Waals surface area contributed by atoms with Crippen molar-refractivity contribution in [1.29, 1.82) is 0 Å². The second-order valence-corrected chi connectivity index (χ2v) is 5.60. The predicted molar refractivity (Wildman–Crippen MR) is 81.2 cm³/mol. The van der Waals surface area contributed by atoms with Crippen LogP contribution in [0.1, 0.15) is 37.2 Å². The lowest BCUT2D eigenvalue weighted by Gasteiger charge is -2.29. The van der Waals surface area contributed by atoms with Crippen molar-refractivity contribution in [3.05, 3.63) is 23.9 Å². The van der Waals surface area contributed by atoms with Crippen molar-refractivity contribution in [3.8, 4) is 0 Å². The van der Waals surface area contributed by atoms with E-state index in [0.717, 1.165) is 12.8 Å². The first-order valence-electron chi connectivity index (χ1n) is 6.37. The van der Waals surface area contributed by atoms with E-state index in [1.807, 2.05) is 0 Å². The fourth-order valence-corrected chi connectivity index (χ4v) is 2.63. The average molecular weight is 282 g/mol. The summed E-state index contributed by atoms with van der Waals surface area (Å²) < 4.78 is 0.0966. The van der Waals surface area contributed by atoms with Gasteiger partial charge in [0.1, 0.15) is 11.5 Å². The zero-order valence-electron chi connectivity index (χ0n) is 11.7. The molecule has 0 aromatic carbocycles. The molecule has 1 amide bonds. The van der Waals surface area contributed by atoms with E-state index >= 15 is 0 Å². The number of hydrazine groups is 1. The number of nitrogen functional groups attached to an aromatic ring is 1. The first kappa shape index (κ1) is 15.8. The maximum absolute atomic E-state index is 12.1. The van der Waals surface area contributed by atoms with Crippen LogP contribution in [0, 0.1) is 0 Å². The Kier molecular flexibility index (Phi) is 6.11. The van der Waals surface area contributed by atoms with Gasteiger partial charge in [-0.1, -0.05) is 19.9 Å². The number of thioether (sulfide) groups is 1. The van der Waals surface area contributed by atoms with Crippen molar-refractivity contribution in [2.45, 2.75) is 31.4 Å². The normalized spacial score (nSPS) is 11.2. The van der Waals surface area contributed by atoms with Crippen LogP contribution in [0.5, 0.6) is 0 Å². The van der Waals surface area contributed by atoms with E-state index in [4.69, 9.17) is 5.84 Å². The molecule has 0 fully saturated rings. The van der Waals surface area contributed by atoms with Gasteiger partial charge in [0.05, 0.1) is 0 Å². The predicted octanol–water partition coefficient (Wildman–Crippen LogP) is 2.02. The fraction of sp³-hybridized carbons (Fsp3) is 0.538. The van der Waals surface area contributed by atoms with Crippen molar-refractivity contribution < 1.29 is 4.79 Å². The number of hydrogen-bond donors (Lipinski definition) is 3. The second-order valence-electron chi connectivity index (χ2n) is 4.33. The maximum Gasteiger partial charge on any atom is 0.270 e. The van der Waals surface area contributed by atoms with Crippen LogP contribution in [-0.2, 0) is 0 Å². The van der Waals surface area contributed by atoms with E-state index in [1.165, 1.54) is 0 Å². The molecule has 106 valence electrons. The van der Waals surface area contributed by atoms with Gasteiger partial charge in [0.15, 0.2) is 0 Å². The summed E-state index contributed by atoms with van der Waals surface area (Å²) in [5.74, 6) is 5.59. The third kappa shape index (κ3) is 4.11. The van der Waals surface area contributed by atoms with Crippen LogP contribution < -0.4 is 16.6 Å². The van der Waals surface area contributed by atoms with E-state index in [2.05, 4.69) is 35.8 Å². The quantitative estimate of drug-likeness (QED) is 0.526. The highest BCUT2D eigenvalue weighted by Gasteiger charge is 2.25. The van der Waals surface area contributed by atoms with Gasteiger partial charge in [0.2, 0.25) is 0 Å². The summed E-state index contributed by atoms with van der Waals surface area (Å²) in [6.45, 7) is 4.93. The Hall–Kier alpha value is -1.27. The molecule has 0 aliphatic carbocycles. The molecule has 0 atom stereocenters. The number of carbonyl (C=O) groups is 1. The number of anilines is 1. The Bertz CT molecular complexity index is 413. The summed E-state index contributed by atoms with van der Waals surface area (Å²) in [5, 5.41) is 2.95. The zero-order valence-corrected chi connectivity index (χ0v) is 12.5. The molecular weight excluding hydrogens is 260 g/mol. The molecule has 4 N–H and O–H groups in total. The van der Waals surface area contributed by atoms with Gasteiger partial charge in [0, 0.05) is 11.3 Å². The smallest absolute Gasteiger partial charge is 0.270 e. The van der Waals surface area contributed by atoms with Crippen LogP contribution in [0.25, 0.3) is 0 Å². The van der Waals surface area contributed by atoms with Gasteiger partial charge in [0.25, 0.3) is 5.91 Å². The van der Waals surface area contributed by atoms with Gasteiger partial charge < -0.3 is 10.7 Å². The fourth-order valence-electron chi connectivity index (χ4n) is 1.83. The Morgan fingerprint density at radius 2 is 2.11 bits per heavy atom. The van der Waals surface area contributed by atoms with E-state index in [-0.39, 0.29) is 10.7 Å². The molecule has 0 aliphatic rings. The molecule has 5 nitrogen and oxygen atoms in total. The number of nitrogens with zero attached hydrogens (tertiary/aromatic N) is 1. The van der Waals surface area contributed by atoms with Crippen molar-refractivity contribution in [2.75, 3.05) is 18.2 Å². The topological polar surface area (TPSA) is 80.0 Å². The van der Waals surface area contributed by atoms with Crippen LogP contribution in [0.3, 0.4) is 0 Å². The number of nitrogens with two attached hydrogens (primary N) is 1. The van der Waals surface area contributed by atoms with Crippen LogP contribution >= 0.6 is 11.8 Å². The summed E-state index contributed by atoms with van der Waals surface area (Å²) in [5.41, 5.74) is 2.81. The first-order valence-corrected chi connectivity index (χ1v) is 7.60. The minimum Gasteiger partial charge on any atom is -0.349 e. The molecule has 6 heteroatoms. The van der Waals surface area contributed by atoms with Gasteiger partial charge in [-0.05, 0) is 31.2 Å². The zero-order chi connectivity index (χ0) is 14.3. The summed E-state index contributed by atoms with van der Waals surface area (Å²) in [6, 6.07) is 5.13. The summed E-state index contributed by atoms with van der Waals surface area (Å²) in [4.78, 5) is 16.2. The van der Waals surface area contributed by atoms with E-state index in [0.29, 0.717) is 18.1 Å². The number of rotatable bonds is 7. The number of nitrogens with one attached hydrogen (secondary N) is 2. The largest absolute Gasteiger partial charge is 0.349 e. The molecule has 19 heavy (non-hydrogen) atoms. The molecule has 1 aromatic heterocycles. The number of pyridine rings is 1. The Morgan fingerprint density at radius 3 is 2.63 bits per heavy atom. The maximum atomic E-state index is 12.1. The SMILES string of the molecule is CCC(CC)(CNC(=O)c1cccc(NN)n1)SC. The number of hydrogen-bond acceptors (Lipinski definition) is 5. The van der Waals surface area contributed by atoms with Gasteiger partial charge in [-0.2, -0.15) is 11.8 Å². The van der Waals surface area contributed by atoms with Crippen LogP contribution in [0.4, 0.5) is 5.82 Å². The van der Waals surface area contributed by atoms with E-state index in [9.17, 15) is 4.79 Å². The van der Waals surface area contributed by atoms with Crippen LogP contribution in [0.15, 0.2) is 18.2 Å². The van der Waals surface area contributed by atoms with Crippen molar-refractivity contribution in [3.63, 3.8) is 0 Å². The molecule has 0 unspecified atom stereocenters. The number of carbonyl (C=O) groups excluding carboxylic acids is 1. The van der Waals surface area contributed by atoms with Crippen molar-refractivity contribution >= 4 is 23.5 Å². The van der Waals surface area contributed by atoms with E-state index in [1.54, 1.807) is 30.0 Å². The third-order valence-electron chi connectivity index (χ3n) is 3.42. The molecule has 0 bridgehead atoms. The molecule has 0 saturated carbocycles. The van der Waals surface area contributed by atoms with Gasteiger partial charge in [-0.25, -0.2) is 10.8 Å². The highest BCUT2D eigenvalue weighted by atomic mass is 32.2. The highest BCUT2D eigenvalue weighted by Crippen LogP contribution is 2.29. The summed E-state index contributed by atoms with van der Waals surface area (Å²) >= 11 is 1.79. The Labute approximate surface area is 118 Å². The molecule has 1 rings (SSSR count). The van der Waals surface area contributed by atoms with E-state index < -0.39 is 0 Å². The lowest BCUT2D eigenvalue weighted by Crippen LogP contribution is -2.39. The number of aromatic nitrogens is 1. The summed E-state index contributed by atoms with van der Waals surface area (Å²) in [6.07, 6.45) is 4.11. The average Bonchev–Trinajstić information content (AvgIpc) is 2.49.